The molecule has 1 unspecified atom stereocenters. The molecule has 2 rings (SSSR count). The van der Waals surface area contributed by atoms with Crippen LogP contribution in [0, 0.1) is 6.92 Å². The fourth-order valence-corrected chi connectivity index (χ4v) is 2.34. The Morgan fingerprint density at radius 1 is 1.56 bits per heavy atom. The Morgan fingerprint density at radius 2 is 2.38 bits per heavy atom. The monoisotopic (exact) mass is 218 g/mol. The van der Waals surface area contributed by atoms with E-state index in [0.717, 1.165) is 37.1 Å². The van der Waals surface area contributed by atoms with Crippen molar-refractivity contribution in [2.45, 2.75) is 38.6 Å². The summed E-state index contributed by atoms with van der Waals surface area (Å²) >= 11 is 0. The topological polar surface area (TPSA) is 42.0 Å². The predicted molar refractivity (Wildman–Crippen MR) is 63.6 cm³/mol. The molecular weight excluding hydrogens is 200 g/mol. The third-order valence-corrected chi connectivity index (χ3v) is 3.46. The molecule has 1 saturated heterocycles. The van der Waals surface area contributed by atoms with E-state index >= 15 is 0 Å². The average molecular weight is 218 g/mol. The van der Waals surface area contributed by atoms with Gasteiger partial charge in [0.05, 0.1) is 5.54 Å². The molecule has 2 heterocycles. The molecule has 1 aliphatic heterocycles. The molecule has 0 saturated carbocycles. The number of nitrogens with zero attached hydrogens (tertiary/aromatic N) is 1. The summed E-state index contributed by atoms with van der Waals surface area (Å²) in [5.74, 6) is 0.194. The fraction of sp³-hybridized carbons (Fsp3) is 0.538. The average Bonchev–Trinajstić information content (AvgIpc) is 2.79. The molecule has 1 aliphatic rings. The minimum atomic E-state index is -0.336. The van der Waals surface area contributed by atoms with Crippen molar-refractivity contribution in [1.82, 2.24) is 10.3 Å². The van der Waals surface area contributed by atoms with Crippen molar-refractivity contribution in [2.75, 3.05) is 6.54 Å². The van der Waals surface area contributed by atoms with Crippen LogP contribution >= 0.6 is 0 Å². The number of rotatable bonds is 3. The van der Waals surface area contributed by atoms with Crippen molar-refractivity contribution in [1.29, 1.82) is 0 Å². The molecular formula is C13H18N2O. The summed E-state index contributed by atoms with van der Waals surface area (Å²) in [5.41, 5.74) is 1.33. The van der Waals surface area contributed by atoms with Crippen molar-refractivity contribution in [3.8, 4) is 0 Å². The number of carbonyl (C=O) groups is 1. The van der Waals surface area contributed by atoms with Gasteiger partial charge in [-0.15, -0.1) is 0 Å². The second-order valence-corrected chi connectivity index (χ2v) is 4.48. The number of Topliss-reactive ketones (excluding diaryl/α,β-unsaturated/α-hetero) is 1. The number of ketones is 1. The number of hydrogen-bond donors (Lipinski definition) is 1. The molecule has 0 aliphatic carbocycles. The molecule has 16 heavy (non-hydrogen) atoms. The van der Waals surface area contributed by atoms with Gasteiger partial charge in [-0.3, -0.25) is 9.78 Å². The highest BCUT2D eigenvalue weighted by atomic mass is 16.1. The molecule has 0 aromatic carbocycles. The first-order valence-corrected chi connectivity index (χ1v) is 5.90. The number of carbonyl (C=O) groups excluding carboxylic acids is 1. The van der Waals surface area contributed by atoms with Crippen LogP contribution in [0.4, 0.5) is 0 Å². The van der Waals surface area contributed by atoms with Gasteiger partial charge in [-0.1, -0.05) is 6.92 Å². The molecule has 0 amide bonds. The fourth-order valence-electron chi connectivity index (χ4n) is 2.34. The molecule has 1 N–H and O–H groups in total. The minimum absolute atomic E-state index is 0.194. The maximum atomic E-state index is 12.4. The molecule has 1 fully saturated rings. The normalized spacial score (nSPS) is 24.6. The van der Waals surface area contributed by atoms with Crippen molar-refractivity contribution < 1.29 is 4.79 Å². The van der Waals surface area contributed by atoms with E-state index in [1.165, 1.54) is 0 Å². The van der Waals surface area contributed by atoms with Crippen molar-refractivity contribution in [3.63, 3.8) is 0 Å². The Bertz CT molecular complexity index is 377. The number of nitrogens with one attached hydrogen (secondary N) is 1. The van der Waals surface area contributed by atoms with Gasteiger partial charge in [0.25, 0.3) is 0 Å². The van der Waals surface area contributed by atoms with Gasteiger partial charge in [-0.25, -0.2) is 0 Å². The number of hydrogen-bond acceptors (Lipinski definition) is 3. The van der Waals surface area contributed by atoms with Crippen molar-refractivity contribution in [3.05, 3.63) is 29.6 Å². The second kappa shape index (κ2) is 4.34. The lowest BCUT2D eigenvalue weighted by molar-refractivity contribution is 0.0863. The first-order valence-electron chi connectivity index (χ1n) is 5.90. The Morgan fingerprint density at radius 3 is 2.88 bits per heavy atom. The molecule has 1 aromatic rings. The maximum Gasteiger partial charge on any atom is 0.184 e. The first-order chi connectivity index (χ1) is 7.68. The van der Waals surface area contributed by atoms with Crippen LogP contribution in [0.3, 0.4) is 0 Å². The number of aromatic nitrogens is 1. The van der Waals surface area contributed by atoms with Crippen LogP contribution in [0.15, 0.2) is 18.3 Å². The van der Waals surface area contributed by atoms with Crippen molar-refractivity contribution >= 4 is 5.78 Å². The Labute approximate surface area is 96.3 Å². The maximum absolute atomic E-state index is 12.4. The van der Waals surface area contributed by atoms with E-state index in [9.17, 15) is 4.79 Å². The first kappa shape index (κ1) is 11.3. The van der Waals surface area contributed by atoms with Gasteiger partial charge < -0.3 is 5.32 Å². The Kier molecular flexibility index (Phi) is 3.06. The smallest absolute Gasteiger partial charge is 0.184 e. The number of pyridine rings is 1. The van der Waals surface area contributed by atoms with E-state index < -0.39 is 0 Å². The third kappa shape index (κ3) is 1.87. The van der Waals surface area contributed by atoms with E-state index in [4.69, 9.17) is 0 Å². The summed E-state index contributed by atoms with van der Waals surface area (Å²) in [6.45, 7) is 4.94. The quantitative estimate of drug-likeness (QED) is 0.790. The van der Waals surface area contributed by atoms with Gasteiger partial charge >= 0.3 is 0 Å². The highest BCUT2D eigenvalue weighted by Crippen LogP contribution is 2.27. The molecule has 1 aromatic heterocycles. The van der Waals surface area contributed by atoms with Gasteiger partial charge in [0.15, 0.2) is 5.78 Å². The molecule has 0 radical (unpaired) electrons. The lowest BCUT2D eigenvalue weighted by Crippen LogP contribution is -2.47. The number of aryl methyl sites for hydroxylation is 1. The van der Waals surface area contributed by atoms with Crippen LogP contribution in [0.5, 0.6) is 0 Å². The summed E-state index contributed by atoms with van der Waals surface area (Å²) in [6.07, 6.45) is 4.56. The second-order valence-electron chi connectivity index (χ2n) is 4.48. The summed E-state index contributed by atoms with van der Waals surface area (Å²) in [5, 5.41) is 3.36. The predicted octanol–water partition coefficient (Wildman–Crippen LogP) is 2.10. The highest BCUT2D eigenvalue weighted by molar-refractivity contribution is 6.03. The van der Waals surface area contributed by atoms with E-state index in [2.05, 4.69) is 17.2 Å². The summed E-state index contributed by atoms with van der Waals surface area (Å²) in [4.78, 5) is 16.6. The minimum Gasteiger partial charge on any atom is -0.305 e. The van der Waals surface area contributed by atoms with Crippen LogP contribution in [-0.4, -0.2) is 22.9 Å². The van der Waals surface area contributed by atoms with E-state index in [1.54, 1.807) is 6.20 Å². The summed E-state index contributed by atoms with van der Waals surface area (Å²) in [7, 11) is 0. The highest BCUT2D eigenvalue weighted by Gasteiger charge is 2.39. The molecule has 86 valence electrons. The third-order valence-electron chi connectivity index (χ3n) is 3.46. The van der Waals surface area contributed by atoms with Crippen LogP contribution < -0.4 is 5.32 Å². The summed E-state index contributed by atoms with van der Waals surface area (Å²) in [6, 6.07) is 3.77. The zero-order valence-electron chi connectivity index (χ0n) is 9.92. The van der Waals surface area contributed by atoms with E-state index in [-0.39, 0.29) is 11.3 Å². The Hall–Kier alpha value is -1.22. The van der Waals surface area contributed by atoms with Gasteiger partial charge in [0.2, 0.25) is 0 Å². The molecule has 3 heteroatoms. The Balaban J connectivity index is 2.26. The van der Waals surface area contributed by atoms with Gasteiger partial charge in [-0.05, 0) is 44.9 Å². The standard InChI is InChI=1S/C13H18N2O/c1-3-13(7-4-8-15-13)12(16)11-6-5-10(2)14-9-11/h5-6,9,15H,3-4,7-8H2,1-2H3. The van der Waals surface area contributed by atoms with Gasteiger partial charge in [0, 0.05) is 17.5 Å². The largest absolute Gasteiger partial charge is 0.305 e. The molecule has 3 nitrogen and oxygen atoms in total. The van der Waals surface area contributed by atoms with Gasteiger partial charge in [0.1, 0.15) is 0 Å². The van der Waals surface area contributed by atoms with Crippen LogP contribution in [-0.2, 0) is 0 Å². The zero-order chi connectivity index (χ0) is 11.6. The van der Waals surface area contributed by atoms with Crippen molar-refractivity contribution in [2.24, 2.45) is 0 Å². The molecule has 1 atom stereocenters. The van der Waals surface area contributed by atoms with Gasteiger partial charge in [-0.2, -0.15) is 0 Å². The lowest BCUT2D eigenvalue weighted by atomic mass is 9.86. The zero-order valence-corrected chi connectivity index (χ0v) is 9.92. The van der Waals surface area contributed by atoms with Crippen LogP contribution in [0.1, 0.15) is 42.2 Å². The lowest BCUT2D eigenvalue weighted by Gasteiger charge is -2.26. The summed E-state index contributed by atoms with van der Waals surface area (Å²) < 4.78 is 0. The van der Waals surface area contributed by atoms with Crippen LogP contribution in [0.25, 0.3) is 0 Å². The molecule has 0 spiro atoms. The van der Waals surface area contributed by atoms with Crippen LogP contribution in [0.2, 0.25) is 0 Å². The van der Waals surface area contributed by atoms with E-state index in [0.29, 0.717) is 0 Å². The molecule has 0 bridgehead atoms. The van der Waals surface area contributed by atoms with E-state index in [1.807, 2.05) is 19.1 Å². The SMILES string of the molecule is CCC1(C(=O)c2ccc(C)nc2)CCCN1.